The number of hydrogen-bond acceptors (Lipinski definition) is 4. The average Bonchev–Trinajstić information content (AvgIpc) is 1.45. The second kappa shape index (κ2) is 19.2. The van der Waals surface area contributed by atoms with Crippen molar-refractivity contribution in [2.75, 3.05) is 0 Å². The van der Waals surface area contributed by atoms with Crippen LogP contribution in [-0.4, -0.2) is 0 Å². The van der Waals surface area contributed by atoms with E-state index in [9.17, 15) is 16.8 Å². The van der Waals surface area contributed by atoms with E-state index in [1.54, 1.807) is 0 Å². The molecule has 0 fully saturated rings. The standard InChI is InChI=1S/2F2HO2P.3HI.2K.Ru/c2*1-5(2,3)4;;;;;;/h2*(H,3,4);3*1H;;;/q;;;;;2*+1;+3/p-5. The van der Waals surface area contributed by atoms with E-state index in [1.807, 2.05) is 0 Å². The third kappa shape index (κ3) is 194. The first-order valence-electron chi connectivity index (χ1n) is 1.81. The first kappa shape index (κ1) is 33.7. The van der Waals surface area contributed by atoms with Crippen molar-refractivity contribution in [2.45, 2.75) is 0 Å². The fourth-order valence-electron chi connectivity index (χ4n) is 0. The molecule has 0 saturated heterocycles. The molecule has 0 unspecified atom stereocenters. The molecule has 0 saturated carbocycles. The van der Waals surface area contributed by atoms with Crippen LogP contribution in [-0.2, 0) is 14.5 Å². The fraction of sp³-hybridized carbons (Fsp3) is 0. The van der Waals surface area contributed by atoms with E-state index < -0.39 is 16.0 Å². The van der Waals surface area contributed by atoms with Gasteiger partial charge in [-0.25, -0.2) is 0 Å². The molecule has 0 atom stereocenters. The van der Waals surface area contributed by atoms with Gasteiger partial charge in [-0.15, -0.1) is 0 Å². The topological polar surface area (TPSA) is 80.3 Å². The Morgan fingerprint density at radius 3 is 0.812 bits per heavy atom. The summed E-state index contributed by atoms with van der Waals surface area (Å²) in [6, 6.07) is 0. The molecule has 16 heavy (non-hydrogen) atoms. The van der Waals surface area contributed by atoms with Crippen LogP contribution in [0.4, 0.5) is 16.8 Å². The van der Waals surface area contributed by atoms with Crippen molar-refractivity contribution in [3.05, 3.63) is 0 Å². The molecule has 0 heterocycles. The summed E-state index contributed by atoms with van der Waals surface area (Å²) < 4.78 is 56.7. The molecule has 93 valence electrons. The van der Waals surface area contributed by atoms with Crippen molar-refractivity contribution < 1.29 is 144 Å². The van der Waals surface area contributed by atoms with Crippen LogP contribution in [0.2, 0.25) is 0 Å². The Labute approximate surface area is 212 Å². The van der Waals surface area contributed by atoms with Gasteiger partial charge in [0.25, 0.3) is 0 Å². The van der Waals surface area contributed by atoms with Crippen LogP contribution in [0.25, 0.3) is 0 Å². The predicted molar refractivity (Wildman–Crippen MR) is 61.7 cm³/mol. The first-order chi connectivity index (χ1) is 5.73. The summed E-state index contributed by atoms with van der Waals surface area (Å²) in [6.07, 6.45) is 0. The molecule has 0 aliphatic heterocycles. The minimum atomic E-state index is -5.89. The first-order valence-corrected chi connectivity index (χ1v) is 20.1. The van der Waals surface area contributed by atoms with E-state index in [0.717, 1.165) is 0 Å². The van der Waals surface area contributed by atoms with Gasteiger partial charge in [0.05, 0.1) is 0 Å². The van der Waals surface area contributed by atoms with E-state index in [2.05, 4.69) is 59.3 Å². The number of rotatable bonds is 0. The maximum absolute atomic E-state index is 10.0. The molecule has 0 N–H and O–H groups in total. The van der Waals surface area contributed by atoms with Crippen LogP contribution < -0.4 is 113 Å². The zero-order valence-electron chi connectivity index (χ0n) is 7.53. The largest absolute Gasteiger partial charge is 1.00 e. The molecular weight excluding hydrogens is 762 g/mol. The summed E-state index contributed by atoms with van der Waals surface area (Å²) in [7, 11) is -11.8. The van der Waals surface area contributed by atoms with Gasteiger partial charge in [-0.2, -0.15) is 16.8 Å². The molecule has 4 nitrogen and oxygen atoms in total. The van der Waals surface area contributed by atoms with Crippen LogP contribution in [0.5, 0.6) is 0 Å². The van der Waals surface area contributed by atoms with Gasteiger partial charge in [0.2, 0.25) is 0 Å². The summed E-state index contributed by atoms with van der Waals surface area (Å²) >= 11 is 7.38. The van der Waals surface area contributed by atoms with Gasteiger partial charge in [-0.1, -0.05) is 0 Å². The van der Waals surface area contributed by atoms with E-state index in [1.165, 1.54) is 0 Å². The fourth-order valence-corrected chi connectivity index (χ4v) is 0. The third-order valence-corrected chi connectivity index (χ3v) is 0. The zero-order chi connectivity index (χ0) is 12.6. The summed E-state index contributed by atoms with van der Waals surface area (Å²) in [5, 5.41) is -0.260. The quantitative estimate of drug-likeness (QED) is 0.118. The third-order valence-electron chi connectivity index (χ3n) is 0. The normalized spacial score (nSPS) is 10.2. The van der Waals surface area contributed by atoms with Gasteiger partial charge in [-0.05, 0) is 0 Å². The molecule has 0 aromatic carbocycles. The van der Waals surface area contributed by atoms with Gasteiger partial charge < -0.3 is 9.79 Å². The molecule has 0 aliphatic carbocycles. The van der Waals surface area contributed by atoms with E-state index in [0.29, 0.717) is 0 Å². The summed E-state index contributed by atoms with van der Waals surface area (Å²) in [4.78, 5) is 16.7. The van der Waals surface area contributed by atoms with Crippen molar-refractivity contribution in [3.8, 4) is 0 Å². The van der Waals surface area contributed by atoms with Gasteiger partial charge in [0.1, 0.15) is 0 Å². The Bertz CT molecular complexity index is 182. The van der Waals surface area contributed by atoms with Crippen LogP contribution in [0, 0.1) is 0 Å². The second-order valence-corrected chi connectivity index (χ2v) is 42.8. The maximum Gasteiger partial charge on any atom is 1.00 e. The van der Waals surface area contributed by atoms with Gasteiger partial charge in [0.15, 0.2) is 0 Å². The minimum Gasteiger partial charge on any atom is 1.00 e. The Hall–Kier alpha value is 6.19. The Balaban J connectivity index is -0.0000000358. The van der Waals surface area contributed by atoms with Gasteiger partial charge in [-0.3, -0.25) is 9.13 Å². The Kier molecular flexibility index (Phi) is 40.5. The van der Waals surface area contributed by atoms with E-state index in [4.69, 9.17) is 18.9 Å². The molecule has 0 radical (unpaired) electrons. The molecule has 0 rings (SSSR count). The molecular formula is F4I3K2O4P2Ru. The van der Waals surface area contributed by atoms with Crippen LogP contribution >= 0.6 is 75.2 Å². The molecule has 0 bridgehead atoms. The second-order valence-electron chi connectivity index (χ2n) is 0.980. The van der Waals surface area contributed by atoms with Gasteiger partial charge >= 0.3 is 183 Å². The predicted octanol–water partition coefficient (Wildman–Crippen LogP) is -2.55. The monoisotopic (exact) mass is 762 g/mol. The van der Waals surface area contributed by atoms with Crippen LogP contribution in [0.1, 0.15) is 0 Å². The Morgan fingerprint density at radius 1 is 0.812 bits per heavy atom. The molecule has 0 spiro atoms. The van der Waals surface area contributed by atoms with Crippen molar-refractivity contribution >= 4 is 75.2 Å². The van der Waals surface area contributed by atoms with Gasteiger partial charge in [0, 0.05) is 0 Å². The number of halogens is 7. The molecule has 0 aromatic heterocycles. The summed E-state index contributed by atoms with van der Waals surface area (Å²) in [6.45, 7) is 0. The Morgan fingerprint density at radius 2 is 0.812 bits per heavy atom. The maximum atomic E-state index is 10.0. The molecule has 16 heteroatoms. The smallest absolute Gasteiger partial charge is 1.00 e. The van der Waals surface area contributed by atoms with E-state index in [-0.39, 0.29) is 108 Å². The molecule has 0 aromatic rings. The summed E-state index contributed by atoms with van der Waals surface area (Å²) in [5.41, 5.74) is 0. The SMILES string of the molecule is O=P([O-])(F)F.O=P([O-])(F)F.[I][Ru]([I])[I].[K+].[K+]. The molecule has 0 aliphatic rings. The number of hydrogen-bond donors (Lipinski definition) is 0. The zero-order valence-corrected chi connectivity index (χ0v) is 23.8. The van der Waals surface area contributed by atoms with Crippen molar-refractivity contribution in [3.63, 3.8) is 0 Å². The summed E-state index contributed by atoms with van der Waals surface area (Å²) in [5.74, 6) is 0. The van der Waals surface area contributed by atoms with Crippen molar-refractivity contribution in [2.24, 2.45) is 0 Å². The van der Waals surface area contributed by atoms with Crippen LogP contribution in [0.3, 0.4) is 0 Å². The van der Waals surface area contributed by atoms with Crippen molar-refractivity contribution in [1.82, 2.24) is 0 Å². The van der Waals surface area contributed by atoms with Crippen molar-refractivity contribution in [1.29, 1.82) is 0 Å². The molecule has 0 amide bonds. The average molecular weight is 762 g/mol. The minimum absolute atomic E-state index is 0. The van der Waals surface area contributed by atoms with Crippen LogP contribution in [0.15, 0.2) is 0 Å². The van der Waals surface area contributed by atoms with E-state index >= 15 is 0 Å².